The molecule has 0 radical (unpaired) electrons. The van der Waals surface area contributed by atoms with Crippen molar-refractivity contribution in [2.75, 3.05) is 33.5 Å². The highest BCUT2D eigenvalue weighted by Gasteiger charge is 2.24. The van der Waals surface area contributed by atoms with Crippen molar-refractivity contribution in [1.82, 2.24) is 14.4 Å². The van der Waals surface area contributed by atoms with Crippen LogP contribution in [0.1, 0.15) is 12.8 Å². The summed E-state index contributed by atoms with van der Waals surface area (Å²) in [7, 11) is 6.18. The summed E-state index contributed by atoms with van der Waals surface area (Å²) < 4.78 is 6.39. The standard InChI is InChI=1S/C19H28N6O5/c1-23(2)16(26)10-6-5-9-14(30-19(29)24(3)4)17(27)22-13-8-7-11-25(18(13)28)12-15(20)21/h6-8,10-11,14H,5,9,12H2,1-4H3,(H3,20,21)(H,22,27)/b10-6+/t14-/m0/s1. The molecule has 0 aliphatic rings. The molecule has 0 spiro atoms. The van der Waals surface area contributed by atoms with Gasteiger partial charge < -0.3 is 30.2 Å². The third-order valence-electron chi connectivity index (χ3n) is 3.82. The number of ether oxygens (including phenoxy) is 1. The van der Waals surface area contributed by atoms with E-state index in [2.05, 4.69) is 5.32 Å². The Kier molecular flexibility index (Phi) is 9.27. The molecule has 0 fully saturated rings. The molecule has 11 nitrogen and oxygen atoms in total. The first kappa shape index (κ1) is 24.4. The summed E-state index contributed by atoms with van der Waals surface area (Å²) in [5.41, 5.74) is 4.74. The number of anilines is 1. The van der Waals surface area contributed by atoms with Crippen molar-refractivity contribution in [3.63, 3.8) is 0 Å². The maximum absolute atomic E-state index is 12.7. The maximum Gasteiger partial charge on any atom is 0.410 e. The third-order valence-corrected chi connectivity index (χ3v) is 3.82. The molecular weight excluding hydrogens is 392 g/mol. The van der Waals surface area contributed by atoms with Gasteiger partial charge in [0.1, 0.15) is 11.5 Å². The minimum absolute atomic E-state index is 0.0343. The molecule has 0 saturated heterocycles. The topological polar surface area (TPSA) is 151 Å². The first-order valence-corrected chi connectivity index (χ1v) is 9.12. The van der Waals surface area contributed by atoms with Crippen molar-refractivity contribution in [1.29, 1.82) is 5.41 Å². The number of hydrogen-bond donors (Lipinski definition) is 3. The van der Waals surface area contributed by atoms with Crippen molar-refractivity contribution in [3.8, 4) is 0 Å². The van der Waals surface area contributed by atoms with E-state index in [0.29, 0.717) is 6.42 Å². The smallest absolute Gasteiger partial charge is 0.410 e. The quantitative estimate of drug-likeness (QED) is 0.295. The Morgan fingerprint density at radius 2 is 1.93 bits per heavy atom. The Morgan fingerprint density at radius 3 is 2.50 bits per heavy atom. The lowest BCUT2D eigenvalue weighted by molar-refractivity contribution is -0.125. The Hall–Kier alpha value is -3.63. The molecule has 0 saturated carbocycles. The van der Waals surface area contributed by atoms with Crippen molar-refractivity contribution in [2.45, 2.75) is 25.5 Å². The van der Waals surface area contributed by atoms with E-state index in [1.165, 1.54) is 52.9 Å². The van der Waals surface area contributed by atoms with Gasteiger partial charge in [0.05, 0.1) is 6.54 Å². The van der Waals surface area contributed by atoms with Crippen LogP contribution < -0.4 is 16.6 Å². The van der Waals surface area contributed by atoms with Gasteiger partial charge in [-0.1, -0.05) is 6.08 Å². The van der Waals surface area contributed by atoms with Crippen LogP contribution in [0.5, 0.6) is 0 Å². The van der Waals surface area contributed by atoms with Gasteiger partial charge >= 0.3 is 6.09 Å². The van der Waals surface area contributed by atoms with Crippen LogP contribution in [-0.2, 0) is 20.9 Å². The number of pyridine rings is 1. The van der Waals surface area contributed by atoms with Gasteiger partial charge in [-0.3, -0.25) is 19.8 Å². The van der Waals surface area contributed by atoms with Gasteiger partial charge in [0.15, 0.2) is 6.10 Å². The first-order chi connectivity index (χ1) is 14.0. The minimum Gasteiger partial charge on any atom is -0.436 e. The lowest BCUT2D eigenvalue weighted by atomic mass is 10.1. The molecule has 3 amide bonds. The second kappa shape index (κ2) is 11.4. The normalized spacial score (nSPS) is 11.6. The van der Waals surface area contributed by atoms with Gasteiger partial charge in [0.2, 0.25) is 5.91 Å². The molecule has 1 heterocycles. The second-order valence-electron chi connectivity index (χ2n) is 6.85. The molecule has 0 bridgehead atoms. The zero-order chi connectivity index (χ0) is 22.8. The van der Waals surface area contributed by atoms with Crippen molar-refractivity contribution >= 4 is 29.4 Å². The summed E-state index contributed by atoms with van der Waals surface area (Å²) in [4.78, 5) is 51.2. The second-order valence-corrected chi connectivity index (χ2v) is 6.85. The Bertz CT molecular complexity index is 874. The third kappa shape index (κ3) is 7.78. The SMILES string of the molecule is CN(C)C(=O)/C=C/CC[C@H](OC(=O)N(C)C)C(=O)Nc1cccn(CC(=N)N)c1=O. The van der Waals surface area contributed by atoms with E-state index in [9.17, 15) is 19.2 Å². The molecule has 30 heavy (non-hydrogen) atoms. The number of rotatable bonds is 9. The van der Waals surface area contributed by atoms with E-state index >= 15 is 0 Å². The van der Waals surface area contributed by atoms with Gasteiger partial charge in [-0.05, 0) is 31.1 Å². The van der Waals surface area contributed by atoms with Crippen LogP contribution in [0.25, 0.3) is 0 Å². The maximum atomic E-state index is 12.7. The molecule has 0 unspecified atom stereocenters. The average molecular weight is 420 g/mol. The van der Waals surface area contributed by atoms with E-state index in [4.69, 9.17) is 15.9 Å². The molecule has 0 aromatic carbocycles. The Balaban J connectivity index is 2.94. The van der Waals surface area contributed by atoms with E-state index in [-0.39, 0.29) is 30.4 Å². The molecule has 1 atom stereocenters. The summed E-state index contributed by atoms with van der Waals surface area (Å²) in [5, 5.41) is 9.77. The highest BCUT2D eigenvalue weighted by molar-refractivity contribution is 5.95. The van der Waals surface area contributed by atoms with Gasteiger partial charge in [0.25, 0.3) is 11.5 Å². The fourth-order valence-corrected chi connectivity index (χ4v) is 2.20. The van der Waals surface area contributed by atoms with Gasteiger partial charge in [-0.2, -0.15) is 0 Å². The fraction of sp³-hybridized carbons (Fsp3) is 0.421. The number of amides is 3. The van der Waals surface area contributed by atoms with Crippen LogP contribution in [0.15, 0.2) is 35.3 Å². The zero-order valence-electron chi connectivity index (χ0n) is 17.5. The molecule has 0 aliphatic carbocycles. The monoisotopic (exact) mass is 420 g/mol. The molecule has 4 N–H and O–H groups in total. The predicted octanol–water partition coefficient (Wildman–Crippen LogP) is 0.214. The van der Waals surface area contributed by atoms with Crippen molar-refractivity contribution in [3.05, 3.63) is 40.8 Å². The number of hydrogen-bond acceptors (Lipinski definition) is 6. The fourth-order valence-electron chi connectivity index (χ4n) is 2.20. The number of nitrogens with zero attached hydrogens (tertiary/aromatic N) is 3. The number of nitrogens with one attached hydrogen (secondary N) is 2. The highest BCUT2D eigenvalue weighted by Crippen LogP contribution is 2.09. The van der Waals surface area contributed by atoms with Crippen LogP contribution in [0.2, 0.25) is 0 Å². The largest absolute Gasteiger partial charge is 0.436 e. The van der Waals surface area contributed by atoms with E-state index in [1.54, 1.807) is 20.2 Å². The molecule has 1 rings (SSSR count). The molecule has 11 heteroatoms. The number of carbonyl (C=O) groups excluding carboxylic acids is 3. The van der Waals surface area contributed by atoms with Gasteiger partial charge in [0, 0.05) is 34.4 Å². The van der Waals surface area contributed by atoms with Crippen LogP contribution in [0, 0.1) is 5.41 Å². The summed E-state index contributed by atoms with van der Waals surface area (Å²) in [6, 6.07) is 2.92. The van der Waals surface area contributed by atoms with Crippen molar-refractivity contribution in [2.24, 2.45) is 5.73 Å². The molecule has 0 aliphatic heterocycles. The number of amidine groups is 1. The molecular formula is C19H28N6O5. The van der Waals surface area contributed by atoms with E-state index in [1.807, 2.05) is 0 Å². The summed E-state index contributed by atoms with van der Waals surface area (Å²) >= 11 is 0. The first-order valence-electron chi connectivity index (χ1n) is 9.12. The average Bonchev–Trinajstić information content (AvgIpc) is 2.66. The van der Waals surface area contributed by atoms with Crippen LogP contribution in [-0.4, -0.2) is 72.4 Å². The number of nitrogens with two attached hydrogens (primary N) is 1. The van der Waals surface area contributed by atoms with Crippen LogP contribution >= 0.6 is 0 Å². The summed E-state index contributed by atoms with van der Waals surface area (Å²) in [5.74, 6) is -1.11. The van der Waals surface area contributed by atoms with Crippen LogP contribution in [0.4, 0.5) is 10.5 Å². The lowest BCUT2D eigenvalue weighted by Crippen LogP contribution is -2.38. The van der Waals surface area contributed by atoms with E-state index in [0.717, 1.165) is 0 Å². The number of allylic oxidation sites excluding steroid dienone is 1. The minimum atomic E-state index is -1.18. The molecule has 1 aromatic heterocycles. The Labute approximate surface area is 174 Å². The predicted molar refractivity (Wildman–Crippen MR) is 112 cm³/mol. The highest BCUT2D eigenvalue weighted by atomic mass is 16.6. The molecule has 164 valence electrons. The van der Waals surface area contributed by atoms with Crippen molar-refractivity contribution < 1.29 is 19.1 Å². The lowest BCUT2D eigenvalue weighted by Gasteiger charge is -2.19. The van der Waals surface area contributed by atoms with E-state index < -0.39 is 23.7 Å². The van der Waals surface area contributed by atoms with Gasteiger partial charge in [-0.25, -0.2) is 4.79 Å². The number of likely N-dealkylation sites (N-methyl/N-ethyl adjacent to an activating group) is 1. The number of carbonyl (C=O) groups is 3. The summed E-state index contributed by atoms with van der Waals surface area (Å²) in [6.07, 6.45) is 2.88. The molecule has 1 aromatic rings. The number of aromatic nitrogens is 1. The summed E-state index contributed by atoms with van der Waals surface area (Å²) in [6.45, 7) is -0.119. The van der Waals surface area contributed by atoms with Crippen LogP contribution in [0.3, 0.4) is 0 Å². The Morgan fingerprint density at radius 1 is 1.27 bits per heavy atom. The van der Waals surface area contributed by atoms with Gasteiger partial charge in [-0.15, -0.1) is 0 Å². The zero-order valence-corrected chi connectivity index (χ0v) is 17.5.